The molecular weight excluding hydrogens is 222 g/mol. The van der Waals surface area contributed by atoms with Crippen molar-refractivity contribution in [3.63, 3.8) is 0 Å². The highest BCUT2D eigenvalue weighted by Gasteiger charge is 2.29. The first-order valence-electron chi connectivity index (χ1n) is 7.53. The van der Waals surface area contributed by atoms with Gasteiger partial charge in [0.2, 0.25) is 0 Å². The van der Waals surface area contributed by atoms with E-state index in [1.165, 1.54) is 37.9 Å². The van der Waals surface area contributed by atoms with Gasteiger partial charge in [-0.15, -0.1) is 0 Å². The van der Waals surface area contributed by atoms with Crippen molar-refractivity contribution in [2.24, 2.45) is 11.7 Å². The Morgan fingerprint density at radius 1 is 1.33 bits per heavy atom. The van der Waals surface area contributed by atoms with Crippen molar-refractivity contribution < 1.29 is 0 Å². The molecule has 102 valence electrons. The quantitative estimate of drug-likeness (QED) is 0.870. The van der Waals surface area contributed by atoms with Crippen molar-refractivity contribution in [2.45, 2.75) is 70.9 Å². The van der Waals surface area contributed by atoms with Crippen molar-refractivity contribution in [3.05, 3.63) is 18.2 Å². The summed E-state index contributed by atoms with van der Waals surface area (Å²) in [7, 11) is 0. The molecule has 1 fully saturated rings. The number of hydrogen-bond donors (Lipinski definition) is 1. The van der Waals surface area contributed by atoms with Crippen LogP contribution in [0.4, 0.5) is 0 Å². The molecule has 0 aromatic carbocycles. The van der Waals surface area contributed by atoms with Crippen LogP contribution in [0.2, 0.25) is 0 Å². The van der Waals surface area contributed by atoms with Gasteiger partial charge >= 0.3 is 0 Å². The van der Waals surface area contributed by atoms with Gasteiger partial charge in [-0.05, 0) is 31.6 Å². The minimum Gasteiger partial charge on any atom is -0.330 e. The third kappa shape index (κ3) is 2.94. The predicted molar refractivity (Wildman–Crippen MR) is 75.5 cm³/mol. The van der Waals surface area contributed by atoms with E-state index in [0.717, 1.165) is 18.8 Å². The summed E-state index contributed by atoms with van der Waals surface area (Å²) in [5, 5.41) is 0. The predicted octanol–water partition coefficient (Wildman–Crippen LogP) is 3.30. The second-order valence-electron chi connectivity index (χ2n) is 5.70. The minimum atomic E-state index is 0.308. The molecule has 2 rings (SSSR count). The van der Waals surface area contributed by atoms with Crippen molar-refractivity contribution in [1.82, 2.24) is 9.55 Å². The van der Waals surface area contributed by atoms with Crippen LogP contribution in [0, 0.1) is 5.92 Å². The Morgan fingerprint density at radius 3 is 2.89 bits per heavy atom. The van der Waals surface area contributed by atoms with E-state index in [1.54, 1.807) is 0 Å². The van der Waals surface area contributed by atoms with Gasteiger partial charge in [-0.2, -0.15) is 0 Å². The van der Waals surface area contributed by atoms with Crippen molar-refractivity contribution >= 4 is 0 Å². The third-order valence-electron chi connectivity index (χ3n) is 4.25. The summed E-state index contributed by atoms with van der Waals surface area (Å²) in [6.45, 7) is 4.49. The monoisotopic (exact) mass is 249 g/mol. The lowest BCUT2D eigenvalue weighted by molar-refractivity contribution is 0.221. The first-order valence-corrected chi connectivity index (χ1v) is 7.53. The molecule has 3 heteroatoms. The Hall–Kier alpha value is -0.830. The Morgan fingerprint density at radius 2 is 2.17 bits per heavy atom. The lowest BCUT2D eigenvalue weighted by Crippen LogP contribution is -2.38. The van der Waals surface area contributed by atoms with E-state index in [2.05, 4.69) is 29.6 Å². The van der Waals surface area contributed by atoms with Gasteiger partial charge in [-0.3, -0.25) is 0 Å². The van der Waals surface area contributed by atoms with Gasteiger partial charge in [0.1, 0.15) is 5.82 Å². The SMILES string of the molecule is CCCc1nccn1C1CC(CCC)CCC1N. The molecule has 1 heterocycles. The fourth-order valence-corrected chi connectivity index (χ4v) is 3.31. The van der Waals surface area contributed by atoms with Gasteiger partial charge in [0, 0.05) is 24.9 Å². The molecule has 0 radical (unpaired) electrons. The van der Waals surface area contributed by atoms with Crippen molar-refractivity contribution in [1.29, 1.82) is 0 Å². The van der Waals surface area contributed by atoms with Crippen LogP contribution in [0.25, 0.3) is 0 Å². The van der Waals surface area contributed by atoms with E-state index >= 15 is 0 Å². The standard InChI is InChI=1S/C15H27N3/c1-3-5-12-7-8-13(16)14(11-12)18-10-9-17-15(18)6-4-2/h9-10,12-14H,3-8,11,16H2,1-2H3. The van der Waals surface area contributed by atoms with E-state index < -0.39 is 0 Å². The Balaban J connectivity index is 2.11. The van der Waals surface area contributed by atoms with Crippen LogP contribution in [-0.4, -0.2) is 15.6 Å². The number of nitrogens with two attached hydrogens (primary N) is 1. The van der Waals surface area contributed by atoms with E-state index in [9.17, 15) is 0 Å². The van der Waals surface area contributed by atoms with Gasteiger partial charge in [0.05, 0.1) is 6.04 Å². The smallest absolute Gasteiger partial charge is 0.108 e. The van der Waals surface area contributed by atoms with Crippen LogP contribution in [0.1, 0.15) is 64.2 Å². The number of aromatic nitrogens is 2. The molecule has 0 aliphatic heterocycles. The summed E-state index contributed by atoms with van der Waals surface area (Å²) in [6.07, 6.45) is 12.6. The summed E-state index contributed by atoms with van der Waals surface area (Å²) in [5.41, 5.74) is 6.35. The average Bonchev–Trinajstić information content (AvgIpc) is 2.81. The van der Waals surface area contributed by atoms with E-state index in [0.29, 0.717) is 12.1 Å². The maximum absolute atomic E-state index is 6.35. The molecule has 3 nitrogen and oxygen atoms in total. The van der Waals surface area contributed by atoms with Gasteiger partial charge in [-0.1, -0.05) is 26.7 Å². The van der Waals surface area contributed by atoms with Crippen LogP contribution >= 0.6 is 0 Å². The molecule has 0 saturated heterocycles. The molecule has 18 heavy (non-hydrogen) atoms. The maximum Gasteiger partial charge on any atom is 0.108 e. The molecule has 0 amide bonds. The van der Waals surface area contributed by atoms with Gasteiger partial charge in [-0.25, -0.2) is 4.98 Å². The summed E-state index contributed by atoms with van der Waals surface area (Å²) in [4.78, 5) is 4.49. The lowest BCUT2D eigenvalue weighted by Gasteiger charge is -2.35. The molecule has 3 unspecified atom stereocenters. The summed E-state index contributed by atoms with van der Waals surface area (Å²) in [6, 6.07) is 0.780. The number of imidazole rings is 1. The normalized spacial score (nSPS) is 28.5. The average molecular weight is 249 g/mol. The van der Waals surface area contributed by atoms with E-state index in [4.69, 9.17) is 5.73 Å². The van der Waals surface area contributed by atoms with Crippen molar-refractivity contribution in [2.75, 3.05) is 0 Å². The maximum atomic E-state index is 6.35. The van der Waals surface area contributed by atoms with Crippen LogP contribution in [0.15, 0.2) is 12.4 Å². The molecule has 1 saturated carbocycles. The van der Waals surface area contributed by atoms with Crippen LogP contribution in [-0.2, 0) is 6.42 Å². The number of nitrogens with zero attached hydrogens (tertiary/aromatic N) is 2. The Bertz CT molecular complexity index is 358. The van der Waals surface area contributed by atoms with Crippen LogP contribution in [0.5, 0.6) is 0 Å². The number of aryl methyl sites for hydroxylation is 1. The summed E-state index contributed by atoms with van der Waals surface area (Å²) >= 11 is 0. The number of hydrogen-bond acceptors (Lipinski definition) is 2. The molecule has 1 aromatic rings. The van der Waals surface area contributed by atoms with Crippen molar-refractivity contribution in [3.8, 4) is 0 Å². The third-order valence-corrected chi connectivity index (χ3v) is 4.25. The Labute approximate surface area is 111 Å². The fourth-order valence-electron chi connectivity index (χ4n) is 3.31. The highest BCUT2D eigenvalue weighted by molar-refractivity contribution is 4.99. The zero-order valence-corrected chi connectivity index (χ0v) is 11.8. The Kier molecular flexibility index (Phi) is 4.81. The summed E-state index contributed by atoms with van der Waals surface area (Å²) in [5.74, 6) is 2.08. The van der Waals surface area contributed by atoms with Gasteiger partial charge in [0.25, 0.3) is 0 Å². The highest BCUT2D eigenvalue weighted by Crippen LogP contribution is 2.34. The zero-order valence-electron chi connectivity index (χ0n) is 11.8. The molecule has 1 aliphatic carbocycles. The van der Waals surface area contributed by atoms with Crippen LogP contribution in [0.3, 0.4) is 0 Å². The van der Waals surface area contributed by atoms with Gasteiger partial charge in [0.15, 0.2) is 0 Å². The molecular formula is C15H27N3. The molecule has 3 atom stereocenters. The molecule has 1 aliphatic rings. The first kappa shape index (κ1) is 13.6. The molecule has 0 bridgehead atoms. The molecule has 1 aromatic heterocycles. The molecule has 2 N–H and O–H groups in total. The lowest BCUT2D eigenvalue weighted by atomic mass is 9.80. The zero-order chi connectivity index (χ0) is 13.0. The second kappa shape index (κ2) is 6.37. The minimum absolute atomic E-state index is 0.308. The first-order chi connectivity index (χ1) is 8.76. The fraction of sp³-hybridized carbons (Fsp3) is 0.800. The topological polar surface area (TPSA) is 43.8 Å². The number of rotatable bonds is 5. The molecule has 0 spiro atoms. The van der Waals surface area contributed by atoms with Gasteiger partial charge < -0.3 is 10.3 Å². The highest BCUT2D eigenvalue weighted by atomic mass is 15.1. The second-order valence-corrected chi connectivity index (χ2v) is 5.70. The van der Waals surface area contributed by atoms with E-state index in [1.807, 2.05) is 6.20 Å². The van der Waals surface area contributed by atoms with E-state index in [-0.39, 0.29) is 0 Å². The largest absolute Gasteiger partial charge is 0.330 e. The van der Waals surface area contributed by atoms with Crippen LogP contribution < -0.4 is 5.73 Å². The summed E-state index contributed by atoms with van der Waals surface area (Å²) < 4.78 is 2.36.